The van der Waals surface area contributed by atoms with Gasteiger partial charge in [-0.3, -0.25) is 0 Å². The molecule has 0 bridgehead atoms. The van der Waals surface area contributed by atoms with Crippen molar-refractivity contribution in [3.8, 4) is 0 Å². The van der Waals surface area contributed by atoms with Crippen molar-refractivity contribution in [3.05, 3.63) is 35.4 Å². The summed E-state index contributed by atoms with van der Waals surface area (Å²) in [6, 6.07) is 8.91. The van der Waals surface area contributed by atoms with Crippen LogP contribution in [0.1, 0.15) is 75.3 Å². The molecule has 2 aliphatic rings. The molecule has 0 radical (unpaired) electrons. The van der Waals surface area contributed by atoms with E-state index in [0.717, 1.165) is 25.7 Å². The summed E-state index contributed by atoms with van der Waals surface area (Å²) in [5.41, 5.74) is 2.58. The first-order chi connectivity index (χ1) is 9.62. The van der Waals surface area contributed by atoms with Crippen LogP contribution in [0, 0.1) is 0 Å². The van der Waals surface area contributed by atoms with E-state index in [0.29, 0.717) is 0 Å². The molecule has 2 fully saturated rings. The Labute approximate surface area is 132 Å². The van der Waals surface area contributed by atoms with Crippen LogP contribution in [0.15, 0.2) is 24.3 Å². The SMILES string of the molecule is ClC1(c2ccc(C3(Cl)CCCCC3)cc2)CCCCC1. The molecule has 0 aliphatic heterocycles. The molecule has 0 spiro atoms. The van der Waals surface area contributed by atoms with Gasteiger partial charge in [0.25, 0.3) is 0 Å². The third kappa shape index (κ3) is 2.88. The minimum atomic E-state index is -0.122. The van der Waals surface area contributed by atoms with Gasteiger partial charge in [0.15, 0.2) is 0 Å². The van der Waals surface area contributed by atoms with Gasteiger partial charge in [0.05, 0.1) is 9.75 Å². The van der Waals surface area contributed by atoms with Crippen molar-refractivity contribution in [2.45, 2.75) is 74.0 Å². The van der Waals surface area contributed by atoms with Gasteiger partial charge in [-0.05, 0) is 36.8 Å². The minimum absolute atomic E-state index is 0.122. The first-order valence-corrected chi connectivity index (χ1v) is 8.87. The lowest BCUT2D eigenvalue weighted by atomic mass is 9.80. The van der Waals surface area contributed by atoms with Crippen molar-refractivity contribution in [3.63, 3.8) is 0 Å². The Morgan fingerprint density at radius 1 is 0.550 bits per heavy atom. The molecule has 20 heavy (non-hydrogen) atoms. The highest BCUT2D eigenvalue weighted by atomic mass is 35.5. The number of benzene rings is 1. The van der Waals surface area contributed by atoms with Crippen LogP contribution in [0.25, 0.3) is 0 Å². The Balaban J connectivity index is 1.80. The molecule has 2 aliphatic carbocycles. The normalized spacial score (nSPS) is 25.3. The van der Waals surface area contributed by atoms with Crippen molar-refractivity contribution in [2.75, 3.05) is 0 Å². The van der Waals surface area contributed by atoms with Gasteiger partial charge >= 0.3 is 0 Å². The predicted octanol–water partition coefficient (Wildman–Crippen LogP) is 6.48. The smallest absolute Gasteiger partial charge is 0.0695 e. The number of hydrogen-bond donors (Lipinski definition) is 0. The average Bonchev–Trinajstić information content (AvgIpc) is 2.49. The maximum atomic E-state index is 6.84. The largest absolute Gasteiger partial charge is 0.114 e. The van der Waals surface area contributed by atoms with E-state index in [9.17, 15) is 0 Å². The molecule has 2 saturated carbocycles. The van der Waals surface area contributed by atoms with E-state index in [4.69, 9.17) is 23.2 Å². The highest BCUT2D eigenvalue weighted by molar-refractivity contribution is 6.24. The molecule has 0 saturated heterocycles. The zero-order valence-electron chi connectivity index (χ0n) is 12.1. The summed E-state index contributed by atoms with van der Waals surface area (Å²) in [4.78, 5) is -0.244. The molecular formula is C18H24Cl2. The summed E-state index contributed by atoms with van der Waals surface area (Å²) in [5.74, 6) is 0. The predicted molar refractivity (Wildman–Crippen MR) is 87.7 cm³/mol. The summed E-state index contributed by atoms with van der Waals surface area (Å²) >= 11 is 13.7. The second kappa shape index (κ2) is 5.89. The maximum absolute atomic E-state index is 6.84. The lowest BCUT2D eigenvalue weighted by Crippen LogP contribution is -2.24. The Morgan fingerprint density at radius 3 is 1.15 bits per heavy atom. The molecule has 0 aromatic heterocycles. The second-order valence-corrected chi connectivity index (χ2v) is 8.08. The van der Waals surface area contributed by atoms with Gasteiger partial charge in [0, 0.05) is 0 Å². The maximum Gasteiger partial charge on any atom is 0.0695 e. The molecule has 1 aromatic carbocycles. The number of hydrogen-bond acceptors (Lipinski definition) is 0. The van der Waals surface area contributed by atoms with Crippen LogP contribution in [-0.2, 0) is 9.75 Å². The van der Waals surface area contributed by atoms with Crippen LogP contribution in [0.3, 0.4) is 0 Å². The fourth-order valence-corrected chi connectivity index (χ4v) is 4.66. The lowest BCUT2D eigenvalue weighted by molar-refractivity contribution is 0.394. The molecule has 2 heteroatoms. The Hall–Kier alpha value is -0.200. The molecule has 0 nitrogen and oxygen atoms in total. The third-order valence-corrected chi connectivity index (χ3v) is 6.40. The van der Waals surface area contributed by atoms with Gasteiger partial charge in [-0.15, -0.1) is 23.2 Å². The van der Waals surface area contributed by atoms with E-state index in [2.05, 4.69) is 24.3 Å². The Morgan fingerprint density at radius 2 is 0.850 bits per heavy atom. The standard InChI is InChI=1S/C18H24Cl2/c19-17(11-3-1-4-12-17)15-7-9-16(10-8-15)18(20)13-5-2-6-14-18/h7-10H,1-6,11-14H2. The average molecular weight is 311 g/mol. The van der Waals surface area contributed by atoms with Crippen molar-refractivity contribution in [2.24, 2.45) is 0 Å². The van der Waals surface area contributed by atoms with Crippen LogP contribution in [0.5, 0.6) is 0 Å². The lowest BCUT2D eigenvalue weighted by Gasteiger charge is -2.34. The number of halogens is 2. The summed E-state index contributed by atoms with van der Waals surface area (Å²) < 4.78 is 0. The summed E-state index contributed by atoms with van der Waals surface area (Å²) in [6.07, 6.45) is 12.1. The van der Waals surface area contributed by atoms with Crippen LogP contribution in [-0.4, -0.2) is 0 Å². The van der Waals surface area contributed by atoms with E-state index >= 15 is 0 Å². The summed E-state index contributed by atoms with van der Waals surface area (Å²) in [6.45, 7) is 0. The molecule has 0 N–H and O–H groups in total. The molecule has 3 rings (SSSR count). The van der Waals surface area contributed by atoms with Gasteiger partial charge in [0.1, 0.15) is 0 Å². The highest BCUT2D eigenvalue weighted by Crippen LogP contribution is 2.46. The molecule has 0 amide bonds. The van der Waals surface area contributed by atoms with E-state index < -0.39 is 0 Å². The Kier molecular flexibility index (Phi) is 4.34. The Bertz CT molecular complexity index is 394. The minimum Gasteiger partial charge on any atom is -0.114 e. The van der Waals surface area contributed by atoms with Crippen LogP contribution in [0.4, 0.5) is 0 Å². The second-order valence-electron chi connectivity index (χ2n) is 6.63. The van der Waals surface area contributed by atoms with E-state index in [1.54, 1.807) is 0 Å². The van der Waals surface area contributed by atoms with Crippen molar-refractivity contribution < 1.29 is 0 Å². The molecular weight excluding hydrogens is 287 g/mol. The van der Waals surface area contributed by atoms with Crippen LogP contribution < -0.4 is 0 Å². The van der Waals surface area contributed by atoms with Gasteiger partial charge in [-0.2, -0.15) is 0 Å². The zero-order valence-corrected chi connectivity index (χ0v) is 13.6. The van der Waals surface area contributed by atoms with E-state index in [1.165, 1.54) is 49.7 Å². The quantitative estimate of drug-likeness (QED) is 0.548. The van der Waals surface area contributed by atoms with Crippen molar-refractivity contribution in [1.82, 2.24) is 0 Å². The molecule has 110 valence electrons. The van der Waals surface area contributed by atoms with Crippen molar-refractivity contribution >= 4 is 23.2 Å². The number of alkyl halides is 2. The van der Waals surface area contributed by atoms with Crippen LogP contribution in [0.2, 0.25) is 0 Å². The fraction of sp³-hybridized carbons (Fsp3) is 0.667. The molecule has 1 aromatic rings. The molecule has 0 heterocycles. The fourth-order valence-electron chi connectivity index (χ4n) is 3.87. The zero-order chi connectivity index (χ0) is 14.1. The summed E-state index contributed by atoms with van der Waals surface area (Å²) in [7, 11) is 0. The molecule has 0 atom stereocenters. The van der Waals surface area contributed by atoms with Crippen LogP contribution >= 0.6 is 23.2 Å². The van der Waals surface area contributed by atoms with E-state index in [1.807, 2.05) is 0 Å². The van der Waals surface area contributed by atoms with Gasteiger partial charge in [-0.25, -0.2) is 0 Å². The van der Waals surface area contributed by atoms with Gasteiger partial charge < -0.3 is 0 Å². The van der Waals surface area contributed by atoms with Gasteiger partial charge in [-0.1, -0.05) is 62.8 Å². The van der Waals surface area contributed by atoms with Gasteiger partial charge in [0.2, 0.25) is 0 Å². The molecule has 0 unspecified atom stereocenters. The monoisotopic (exact) mass is 310 g/mol. The summed E-state index contributed by atoms with van der Waals surface area (Å²) in [5, 5.41) is 0. The topological polar surface area (TPSA) is 0 Å². The first-order valence-electron chi connectivity index (χ1n) is 8.11. The highest BCUT2D eigenvalue weighted by Gasteiger charge is 2.34. The first kappa shape index (κ1) is 14.7. The number of rotatable bonds is 2. The van der Waals surface area contributed by atoms with Crippen molar-refractivity contribution in [1.29, 1.82) is 0 Å². The van der Waals surface area contributed by atoms with E-state index in [-0.39, 0.29) is 9.75 Å². The third-order valence-electron chi connectivity index (χ3n) is 5.21.